The lowest BCUT2D eigenvalue weighted by molar-refractivity contribution is 0.590. The summed E-state index contributed by atoms with van der Waals surface area (Å²) in [7, 11) is 0. The molecule has 0 fully saturated rings. The van der Waals surface area contributed by atoms with E-state index < -0.39 is 5.41 Å². The van der Waals surface area contributed by atoms with Gasteiger partial charge in [-0.25, -0.2) is 0 Å². The average Bonchev–Trinajstić information content (AvgIpc) is 3.47. The van der Waals surface area contributed by atoms with Crippen molar-refractivity contribution < 1.29 is 0 Å². The lowest BCUT2D eigenvalue weighted by Crippen LogP contribution is -2.62. The summed E-state index contributed by atoms with van der Waals surface area (Å²) in [4.78, 5) is 5.18. The number of nitrogens with zero attached hydrogens (tertiary/aromatic N) is 2. The number of rotatable bonds is 1. The number of para-hydroxylation sites is 2. The Bertz CT molecular complexity index is 2720. The highest BCUT2D eigenvalue weighted by Crippen LogP contribution is 2.63. The molecule has 0 N–H and O–H groups in total. The third-order valence-electron chi connectivity index (χ3n) is 13.0. The van der Waals surface area contributed by atoms with E-state index in [0.29, 0.717) is 0 Å². The first kappa shape index (κ1) is 32.6. The number of anilines is 6. The molecule has 266 valence electrons. The number of benzene rings is 7. The van der Waals surface area contributed by atoms with Crippen LogP contribution in [0.5, 0.6) is 0 Å². The number of fused-ring (bicyclic) bond motifs is 13. The van der Waals surface area contributed by atoms with Crippen molar-refractivity contribution in [2.45, 2.75) is 64.7 Å². The van der Waals surface area contributed by atoms with Crippen LogP contribution in [0.3, 0.4) is 0 Å². The summed E-state index contributed by atoms with van der Waals surface area (Å²) >= 11 is 0. The van der Waals surface area contributed by atoms with Gasteiger partial charge in [-0.2, -0.15) is 0 Å². The van der Waals surface area contributed by atoms with Gasteiger partial charge in [0.2, 0.25) is 0 Å². The normalized spacial score (nSPS) is 15.2. The van der Waals surface area contributed by atoms with Crippen LogP contribution in [0.15, 0.2) is 146 Å². The molecule has 55 heavy (non-hydrogen) atoms. The smallest absolute Gasteiger partial charge is 0.252 e. The molecule has 0 atom stereocenters. The molecular formula is C52H45BN2. The number of hydrogen-bond acceptors (Lipinski definition) is 2. The Morgan fingerprint density at radius 2 is 1.02 bits per heavy atom. The van der Waals surface area contributed by atoms with Crippen molar-refractivity contribution in [2.24, 2.45) is 0 Å². The number of aryl methyl sites for hydroxylation is 1. The van der Waals surface area contributed by atoms with E-state index in [1.807, 2.05) is 0 Å². The predicted molar refractivity (Wildman–Crippen MR) is 233 cm³/mol. The highest BCUT2D eigenvalue weighted by atomic mass is 15.2. The molecule has 0 radical (unpaired) electrons. The highest BCUT2D eigenvalue weighted by Gasteiger charge is 2.55. The van der Waals surface area contributed by atoms with E-state index in [1.54, 1.807) is 0 Å². The van der Waals surface area contributed by atoms with Crippen molar-refractivity contribution in [1.82, 2.24) is 0 Å². The molecule has 1 aliphatic carbocycles. The van der Waals surface area contributed by atoms with Gasteiger partial charge in [-0.15, -0.1) is 0 Å². The minimum absolute atomic E-state index is 0.00167. The van der Waals surface area contributed by atoms with Crippen molar-refractivity contribution in [3.8, 4) is 11.1 Å². The summed E-state index contributed by atoms with van der Waals surface area (Å²) in [6.45, 7) is 16.2. The molecule has 0 unspecified atom stereocenters. The third kappa shape index (κ3) is 4.22. The molecule has 4 aliphatic rings. The molecule has 0 amide bonds. The van der Waals surface area contributed by atoms with E-state index in [-0.39, 0.29) is 17.5 Å². The van der Waals surface area contributed by atoms with Crippen LogP contribution >= 0.6 is 0 Å². The Hall–Kier alpha value is -5.80. The van der Waals surface area contributed by atoms with Gasteiger partial charge in [0.15, 0.2) is 0 Å². The Balaban J connectivity index is 1.26. The van der Waals surface area contributed by atoms with Crippen LogP contribution < -0.4 is 26.2 Å². The van der Waals surface area contributed by atoms with Crippen molar-refractivity contribution in [2.75, 3.05) is 9.80 Å². The summed E-state index contributed by atoms with van der Waals surface area (Å²) in [5, 5.41) is 0. The monoisotopic (exact) mass is 708 g/mol. The molecule has 2 nitrogen and oxygen atoms in total. The first-order chi connectivity index (χ1) is 26.5. The molecule has 7 aromatic rings. The van der Waals surface area contributed by atoms with Crippen molar-refractivity contribution in [3.63, 3.8) is 0 Å². The molecule has 7 aromatic carbocycles. The standard InChI is InChI=1S/C52H45BN2/c1-32-29-46-48-47(30-32)55-44-22-13-12-19-40(44)52(38-17-10-8-15-36(38)37-16-9-11-18-39(37)52)41-20-14-21-42(49(41)55)53(48)43-31-34(51(5,6)7)25-28-45(43)54(46)35-26-23-33(24-27-35)50(2,3)4/h8-31H,1-7H3. The summed E-state index contributed by atoms with van der Waals surface area (Å²) in [6, 6.07) is 56.2. The molecule has 0 bridgehead atoms. The van der Waals surface area contributed by atoms with Crippen LogP contribution in [0.1, 0.15) is 80.5 Å². The first-order valence-electron chi connectivity index (χ1n) is 19.9. The molecule has 0 saturated heterocycles. The largest absolute Gasteiger partial charge is 0.311 e. The van der Waals surface area contributed by atoms with E-state index in [2.05, 4.69) is 204 Å². The minimum Gasteiger partial charge on any atom is -0.311 e. The topological polar surface area (TPSA) is 6.48 Å². The average molecular weight is 709 g/mol. The van der Waals surface area contributed by atoms with Gasteiger partial charge in [-0.05, 0) is 121 Å². The first-order valence-corrected chi connectivity index (χ1v) is 19.9. The van der Waals surface area contributed by atoms with Crippen LogP contribution in [-0.4, -0.2) is 6.71 Å². The SMILES string of the molecule is Cc1cc2c3c(c1)N1c4ccccc4C4(c5ccccc5-c5ccccc54)c4cccc(c41)B3c1cc(C(C)(C)C)ccc1N2c1ccc(C(C)(C)C)cc1. The number of hydrogen-bond donors (Lipinski definition) is 0. The highest BCUT2D eigenvalue weighted by molar-refractivity contribution is 7.00. The van der Waals surface area contributed by atoms with Gasteiger partial charge in [0.25, 0.3) is 6.71 Å². The lowest BCUT2D eigenvalue weighted by atomic mass is 9.32. The van der Waals surface area contributed by atoms with E-state index in [1.165, 1.54) is 101 Å². The fourth-order valence-corrected chi connectivity index (χ4v) is 10.5. The molecule has 0 aromatic heterocycles. The molecule has 3 heterocycles. The molecule has 0 saturated carbocycles. The van der Waals surface area contributed by atoms with Crippen LogP contribution in [0, 0.1) is 6.92 Å². The van der Waals surface area contributed by atoms with Gasteiger partial charge < -0.3 is 9.80 Å². The maximum absolute atomic E-state index is 2.64. The predicted octanol–water partition coefficient (Wildman–Crippen LogP) is 11.3. The molecular weight excluding hydrogens is 663 g/mol. The molecule has 3 heteroatoms. The zero-order valence-corrected chi connectivity index (χ0v) is 32.8. The van der Waals surface area contributed by atoms with Gasteiger partial charge in [-0.3, -0.25) is 0 Å². The molecule has 3 aliphatic heterocycles. The van der Waals surface area contributed by atoms with E-state index in [9.17, 15) is 0 Å². The Labute approximate surface area is 326 Å². The van der Waals surface area contributed by atoms with E-state index in [0.717, 1.165) is 0 Å². The fourth-order valence-electron chi connectivity index (χ4n) is 10.5. The second-order valence-corrected chi connectivity index (χ2v) is 18.2. The zero-order valence-electron chi connectivity index (χ0n) is 32.8. The maximum atomic E-state index is 2.64. The van der Waals surface area contributed by atoms with Crippen LogP contribution in [0.2, 0.25) is 0 Å². The van der Waals surface area contributed by atoms with Crippen molar-refractivity contribution in [3.05, 3.63) is 185 Å². The van der Waals surface area contributed by atoms with Gasteiger partial charge in [0, 0.05) is 28.4 Å². The fraction of sp³-hybridized carbons (Fsp3) is 0.192. The lowest BCUT2D eigenvalue weighted by Gasteiger charge is -2.51. The second kappa shape index (κ2) is 10.9. The summed E-state index contributed by atoms with van der Waals surface area (Å²) in [5.41, 5.74) is 23.4. The minimum atomic E-state index is -0.443. The van der Waals surface area contributed by atoms with Crippen LogP contribution in [0.25, 0.3) is 11.1 Å². The van der Waals surface area contributed by atoms with Crippen molar-refractivity contribution in [1.29, 1.82) is 0 Å². The van der Waals surface area contributed by atoms with Crippen LogP contribution in [0.4, 0.5) is 34.1 Å². The van der Waals surface area contributed by atoms with E-state index in [4.69, 9.17) is 0 Å². The Morgan fingerprint density at radius 3 is 1.67 bits per heavy atom. The van der Waals surface area contributed by atoms with E-state index >= 15 is 0 Å². The molecule has 11 rings (SSSR count). The molecule has 1 spiro atoms. The van der Waals surface area contributed by atoms with Gasteiger partial charge in [0.05, 0.1) is 11.1 Å². The quantitative estimate of drug-likeness (QED) is 0.157. The van der Waals surface area contributed by atoms with Crippen molar-refractivity contribution >= 4 is 57.2 Å². The second-order valence-electron chi connectivity index (χ2n) is 18.2. The van der Waals surface area contributed by atoms with Gasteiger partial charge in [0.1, 0.15) is 0 Å². The summed E-state index contributed by atoms with van der Waals surface area (Å²) < 4.78 is 0. The zero-order chi connectivity index (χ0) is 37.6. The maximum Gasteiger partial charge on any atom is 0.252 e. The summed E-state index contributed by atoms with van der Waals surface area (Å²) in [6.07, 6.45) is 0. The summed E-state index contributed by atoms with van der Waals surface area (Å²) in [5.74, 6) is 0. The van der Waals surface area contributed by atoms with Crippen LogP contribution in [-0.2, 0) is 16.2 Å². The van der Waals surface area contributed by atoms with Gasteiger partial charge in [-0.1, -0.05) is 151 Å². The third-order valence-corrected chi connectivity index (χ3v) is 13.0. The van der Waals surface area contributed by atoms with Gasteiger partial charge >= 0.3 is 0 Å². The Morgan fingerprint density at radius 1 is 0.455 bits per heavy atom. The Kier molecular flexibility index (Phi) is 6.47.